The number of nitrogens with one attached hydrogen (secondary N) is 7. The van der Waals surface area contributed by atoms with E-state index in [9.17, 15) is 58.2 Å². The normalized spacial score (nSPS) is 16.3. The average Bonchev–Trinajstić information content (AvgIpc) is 3.90. The average molecular weight is 1090 g/mol. The maximum atomic E-state index is 14.5. The van der Waals surface area contributed by atoms with Crippen LogP contribution in [0.1, 0.15) is 109 Å². The maximum Gasteiger partial charge on any atom is 0.326 e. The summed E-state index contributed by atoms with van der Waals surface area (Å²) in [5.41, 5.74) is 24.9. The fraction of sp³-hybridized carbons (Fsp3) is 0.593. The van der Waals surface area contributed by atoms with Gasteiger partial charge in [0.05, 0.1) is 12.6 Å². The number of nitrogens with zero attached hydrogens (tertiary/aromatic N) is 1. The molecule has 1 aliphatic heterocycles. The molecule has 24 nitrogen and oxygen atoms in total. The molecule has 3 rings (SSSR count). The molecule has 0 unspecified atom stereocenters. The van der Waals surface area contributed by atoms with Crippen molar-refractivity contribution in [1.82, 2.24) is 42.1 Å². The molecule has 9 amide bonds. The lowest BCUT2D eigenvalue weighted by atomic mass is 9.99. The highest BCUT2D eigenvalue weighted by atomic mass is 16.4. The van der Waals surface area contributed by atoms with Crippen LogP contribution < -0.4 is 60.2 Å². The van der Waals surface area contributed by atoms with Crippen molar-refractivity contribution in [3.05, 3.63) is 71.8 Å². The van der Waals surface area contributed by atoms with Gasteiger partial charge in [0.1, 0.15) is 48.3 Å². The first-order valence-corrected chi connectivity index (χ1v) is 26.9. The Hall–Kier alpha value is -7.02. The topological polar surface area (TPSA) is 403 Å². The van der Waals surface area contributed by atoms with E-state index in [1.807, 2.05) is 44.2 Å². The second-order valence-electron chi connectivity index (χ2n) is 20.5. The van der Waals surface area contributed by atoms with Gasteiger partial charge in [-0.2, -0.15) is 0 Å². The number of aliphatic hydroxyl groups excluding tert-OH is 1. The highest BCUT2D eigenvalue weighted by Crippen LogP contribution is 2.21. The molecule has 2 aromatic carbocycles. The lowest BCUT2D eigenvalue weighted by molar-refractivity contribution is -0.144. The zero-order valence-corrected chi connectivity index (χ0v) is 45.4. The second kappa shape index (κ2) is 34.0. The van der Waals surface area contributed by atoms with Gasteiger partial charge < -0.3 is 75.3 Å². The molecule has 0 aromatic heterocycles. The van der Waals surface area contributed by atoms with Crippen LogP contribution in [0.2, 0.25) is 0 Å². The lowest BCUT2D eigenvalue weighted by Crippen LogP contribution is -2.60. The van der Waals surface area contributed by atoms with Crippen molar-refractivity contribution in [1.29, 1.82) is 0 Å². The lowest BCUT2D eigenvalue weighted by Gasteiger charge is -2.31. The smallest absolute Gasteiger partial charge is 0.326 e. The number of rotatable bonds is 35. The predicted octanol–water partition coefficient (Wildman–Crippen LogP) is -1.51. The molecule has 17 N–H and O–H groups in total. The fourth-order valence-corrected chi connectivity index (χ4v) is 8.89. The third kappa shape index (κ3) is 22.1. The highest BCUT2D eigenvalue weighted by molar-refractivity contribution is 5.98. The van der Waals surface area contributed by atoms with Gasteiger partial charge in [-0.05, 0) is 107 Å². The van der Waals surface area contributed by atoms with Gasteiger partial charge in [0, 0.05) is 19.4 Å². The van der Waals surface area contributed by atoms with Crippen LogP contribution in [-0.4, -0.2) is 155 Å². The summed E-state index contributed by atoms with van der Waals surface area (Å²) < 4.78 is 0. The molecule has 1 saturated heterocycles. The zero-order chi connectivity index (χ0) is 57.9. The minimum Gasteiger partial charge on any atom is -0.480 e. The molecule has 1 fully saturated rings. The summed E-state index contributed by atoms with van der Waals surface area (Å²) in [4.78, 5) is 137. The van der Waals surface area contributed by atoms with E-state index < -0.39 is 126 Å². The van der Waals surface area contributed by atoms with Gasteiger partial charge in [0.25, 0.3) is 0 Å². The molecule has 9 atom stereocenters. The number of carbonyl (C=O) groups is 10. The molecule has 432 valence electrons. The van der Waals surface area contributed by atoms with Gasteiger partial charge in [-0.15, -0.1) is 0 Å². The number of aliphatic hydroxyl groups is 1. The Labute approximate surface area is 456 Å². The number of aliphatic carboxylic acids is 1. The first-order valence-electron chi connectivity index (χ1n) is 26.9. The van der Waals surface area contributed by atoms with E-state index in [-0.39, 0.29) is 76.9 Å². The van der Waals surface area contributed by atoms with Gasteiger partial charge in [-0.1, -0.05) is 88.4 Å². The number of hydrogen-bond acceptors (Lipinski definition) is 14. The van der Waals surface area contributed by atoms with Crippen molar-refractivity contribution in [2.24, 2.45) is 34.8 Å². The van der Waals surface area contributed by atoms with Crippen molar-refractivity contribution in [3.63, 3.8) is 0 Å². The Kier molecular flexibility index (Phi) is 28.4. The van der Waals surface area contributed by atoms with Crippen molar-refractivity contribution in [2.75, 3.05) is 26.2 Å². The largest absolute Gasteiger partial charge is 0.480 e. The molecule has 1 aliphatic rings. The van der Waals surface area contributed by atoms with Crippen LogP contribution in [0.25, 0.3) is 0 Å². The predicted molar refractivity (Wildman–Crippen MR) is 290 cm³/mol. The van der Waals surface area contributed by atoms with E-state index >= 15 is 0 Å². The molecule has 0 radical (unpaired) electrons. The van der Waals surface area contributed by atoms with Crippen LogP contribution in [0, 0.1) is 11.8 Å². The van der Waals surface area contributed by atoms with E-state index in [0.29, 0.717) is 37.7 Å². The third-order valence-electron chi connectivity index (χ3n) is 13.2. The van der Waals surface area contributed by atoms with Crippen LogP contribution >= 0.6 is 0 Å². The first-order chi connectivity index (χ1) is 37.1. The monoisotopic (exact) mass is 1090 g/mol. The molecule has 78 heavy (non-hydrogen) atoms. The molecule has 0 saturated carbocycles. The van der Waals surface area contributed by atoms with E-state index in [0.717, 1.165) is 5.56 Å². The van der Waals surface area contributed by atoms with Gasteiger partial charge in [-0.3, -0.25) is 43.2 Å². The van der Waals surface area contributed by atoms with Crippen LogP contribution in [0.5, 0.6) is 0 Å². The minimum absolute atomic E-state index is 0.0194. The van der Waals surface area contributed by atoms with Gasteiger partial charge in [-0.25, -0.2) is 4.79 Å². The number of carboxylic acid groups (broad SMARTS) is 1. The summed E-state index contributed by atoms with van der Waals surface area (Å²) in [7, 11) is 0. The third-order valence-corrected chi connectivity index (χ3v) is 13.2. The molecule has 24 heteroatoms. The van der Waals surface area contributed by atoms with Crippen molar-refractivity contribution >= 4 is 59.1 Å². The van der Waals surface area contributed by atoms with Gasteiger partial charge in [0.15, 0.2) is 0 Å². The maximum absolute atomic E-state index is 14.5. The fourth-order valence-electron chi connectivity index (χ4n) is 8.89. The van der Waals surface area contributed by atoms with Crippen LogP contribution in [0.3, 0.4) is 0 Å². The van der Waals surface area contributed by atoms with Gasteiger partial charge >= 0.3 is 5.97 Å². The number of benzene rings is 2. The Morgan fingerprint density at radius 2 is 1.06 bits per heavy atom. The summed E-state index contributed by atoms with van der Waals surface area (Å²) in [6, 6.07) is 6.41. The summed E-state index contributed by atoms with van der Waals surface area (Å²) in [5, 5.41) is 38.0. The van der Waals surface area contributed by atoms with Crippen LogP contribution in [0.4, 0.5) is 0 Å². The molecular formula is C54H84N12O12. The quantitative estimate of drug-likeness (QED) is 0.0349. The van der Waals surface area contributed by atoms with E-state index in [1.165, 1.54) is 4.90 Å². The number of nitrogens with two attached hydrogens (primary N) is 4. The molecule has 1 heterocycles. The summed E-state index contributed by atoms with van der Waals surface area (Å²) in [6.45, 7) is 6.56. The molecule has 0 bridgehead atoms. The van der Waals surface area contributed by atoms with Crippen molar-refractivity contribution in [3.8, 4) is 0 Å². The Bertz CT molecular complexity index is 2290. The number of carbonyl (C=O) groups excluding carboxylic acids is 9. The number of unbranched alkanes of at least 4 members (excludes halogenated alkanes) is 2. The number of carboxylic acids is 1. The minimum atomic E-state index is -1.56. The number of primary amides is 1. The highest BCUT2D eigenvalue weighted by Gasteiger charge is 2.40. The molecule has 0 spiro atoms. The standard InChI is InChI=1S/C54H84N12O12/c1-32(2)28-40(62-46(69)36(57)29-34-16-7-5-8-17-34)49(72)63-41(30-35-18-9-6-10-19-35)50(73)59-37(20-11-13-25-55)47(70)60-38(23-24-44(58)68)48(71)61-39(21-12-14-26-56)53(76)66-27-15-22-43(66)52(75)64-42(31-67)51(74)65-45(33(3)4)54(77)78/h5-10,16-19,32-33,36-43,45,67H,11-15,20-31,55-57H2,1-4H3,(H2,58,68)(H,59,73)(H,60,70)(H,61,71)(H,62,69)(H,63,72)(H,64,75)(H,65,74)(H,77,78)/t36-,37-,38-,39-,40-,41-,42-,43-,45-/m0/s1. The molecule has 0 aliphatic carbocycles. The zero-order valence-electron chi connectivity index (χ0n) is 45.4. The second-order valence-corrected chi connectivity index (χ2v) is 20.5. The van der Waals surface area contributed by atoms with Gasteiger partial charge in [0.2, 0.25) is 53.2 Å². The van der Waals surface area contributed by atoms with E-state index in [2.05, 4.69) is 37.2 Å². The first kappa shape index (κ1) is 65.3. The Morgan fingerprint density at radius 3 is 1.58 bits per heavy atom. The number of likely N-dealkylation sites (tertiary alicyclic amines) is 1. The Morgan fingerprint density at radius 1 is 0.590 bits per heavy atom. The molecular weight excluding hydrogens is 1010 g/mol. The van der Waals surface area contributed by atoms with E-state index in [4.69, 9.17) is 22.9 Å². The van der Waals surface area contributed by atoms with Crippen LogP contribution in [0.15, 0.2) is 60.7 Å². The number of hydrogen-bond donors (Lipinski definition) is 13. The Balaban J connectivity index is 1.90. The molecule has 2 aromatic rings. The SMILES string of the molecule is CC(C)C[C@H](NC(=O)[C@@H](N)Cc1ccccc1)C(=O)N[C@@H](Cc1ccccc1)C(=O)N[C@@H](CCCCN)C(=O)N[C@@H](CCC(N)=O)C(=O)N[C@@H](CCCCN)C(=O)N1CCC[C@H]1C(=O)N[C@@H](CO)C(=O)N[C@H](C(=O)O)C(C)C. The van der Waals surface area contributed by atoms with Crippen LogP contribution in [-0.2, 0) is 60.8 Å². The van der Waals surface area contributed by atoms with Crippen molar-refractivity contribution in [2.45, 2.75) is 166 Å². The van der Waals surface area contributed by atoms with E-state index in [1.54, 1.807) is 44.2 Å². The summed E-state index contributed by atoms with van der Waals surface area (Å²) >= 11 is 0. The summed E-state index contributed by atoms with van der Waals surface area (Å²) in [6.07, 6.45) is 1.77. The number of amides is 9. The summed E-state index contributed by atoms with van der Waals surface area (Å²) in [5.74, 6) is -8.92. The van der Waals surface area contributed by atoms with Crippen molar-refractivity contribution < 1.29 is 58.2 Å².